The zero-order chi connectivity index (χ0) is 14.1. The summed E-state index contributed by atoms with van der Waals surface area (Å²) in [5.41, 5.74) is 9.22. The van der Waals surface area contributed by atoms with Gasteiger partial charge < -0.3 is 5.73 Å². The molecule has 0 amide bonds. The number of nitrogens with two attached hydrogens (primary N) is 1. The Morgan fingerprint density at radius 2 is 1.85 bits per heavy atom. The maximum Gasteiger partial charge on any atom is 0.0702 e. The second kappa shape index (κ2) is 5.52. The normalized spacial score (nSPS) is 12.6. The van der Waals surface area contributed by atoms with Crippen molar-refractivity contribution in [3.63, 3.8) is 0 Å². The number of hydrogen-bond donors (Lipinski definition) is 1. The highest BCUT2D eigenvalue weighted by molar-refractivity contribution is 9.10. The van der Waals surface area contributed by atoms with Crippen LogP contribution in [0.3, 0.4) is 0 Å². The molecule has 2 N–H and O–H groups in total. The molecule has 0 saturated heterocycles. The fourth-order valence-electron chi connectivity index (χ4n) is 2.16. The topological polar surface area (TPSA) is 38.9 Å². The molecule has 4 heteroatoms. The van der Waals surface area contributed by atoms with Crippen molar-refractivity contribution in [1.29, 1.82) is 0 Å². The van der Waals surface area contributed by atoms with Gasteiger partial charge in [0.05, 0.1) is 16.6 Å². The van der Waals surface area contributed by atoms with Crippen LogP contribution in [0, 0.1) is 0 Å². The van der Waals surface area contributed by atoms with Gasteiger partial charge in [-0.2, -0.15) is 0 Å². The fraction of sp³-hybridized carbons (Fsp3) is 0.0625. The Labute approximate surface area is 130 Å². The van der Waals surface area contributed by atoms with Crippen molar-refractivity contribution >= 4 is 38.4 Å². The Bertz CT molecular complexity index is 773. The van der Waals surface area contributed by atoms with Gasteiger partial charge >= 0.3 is 0 Å². The lowest BCUT2D eigenvalue weighted by Gasteiger charge is -2.13. The lowest BCUT2D eigenvalue weighted by molar-refractivity contribution is 0.866. The standard InChI is InChI=1S/C16H12BrClN2/c17-13-6-5-11(8-14(13)18)16(19)12-7-10-3-1-2-4-15(10)20-9-12/h1-9,16H,19H2. The van der Waals surface area contributed by atoms with Crippen molar-refractivity contribution in [3.05, 3.63) is 75.4 Å². The van der Waals surface area contributed by atoms with Gasteiger partial charge in [0.2, 0.25) is 0 Å². The monoisotopic (exact) mass is 346 g/mol. The number of fused-ring (bicyclic) bond motifs is 1. The van der Waals surface area contributed by atoms with Crippen molar-refractivity contribution in [2.75, 3.05) is 0 Å². The van der Waals surface area contributed by atoms with Crippen LogP contribution in [0.15, 0.2) is 59.2 Å². The molecular formula is C16H12BrClN2. The van der Waals surface area contributed by atoms with Gasteiger partial charge in [-0.05, 0) is 51.3 Å². The van der Waals surface area contributed by atoms with E-state index in [1.165, 1.54) is 0 Å². The summed E-state index contributed by atoms with van der Waals surface area (Å²) in [5, 5.41) is 1.75. The summed E-state index contributed by atoms with van der Waals surface area (Å²) >= 11 is 9.50. The number of pyridine rings is 1. The van der Waals surface area contributed by atoms with Crippen LogP contribution >= 0.6 is 27.5 Å². The Morgan fingerprint density at radius 1 is 1.05 bits per heavy atom. The third-order valence-corrected chi connectivity index (χ3v) is 4.51. The molecular weight excluding hydrogens is 336 g/mol. The van der Waals surface area contributed by atoms with Crippen LogP contribution in [-0.4, -0.2) is 4.98 Å². The molecule has 0 fully saturated rings. The third-order valence-electron chi connectivity index (χ3n) is 3.27. The van der Waals surface area contributed by atoms with E-state index in [2.05, 4.69) is 27.0 Å². The van der Waals surface area contributed by atoms with E-state index in [1.807, 2.05) is 48.7 Å². The highest BCUT2D eigenvalue weighted by Crippen LogP contribution is 2.28. The second-order valence-corrected chi connectivity index (χ2v) is 5.87. The Kier molecular flexibility index (Phi) is 3.74. The van der Waals surface area contributed by atoms with E-state index in [0.29, 0.717) is 5.02 Å². The lowest BCUT2D eigenvalue weighted by atomic mass is 10.00. The first-order chi connectivity index (χ1) is 9.65. The van der Waals surface area contributed by atoms with Gasteiger partial charge in [0.15, 0.2) is 0 Å². The number of aromatic nitrogens is 1. The van der Waals surface area contributed by atoms with Gasteiger partial charge in [0.25, 0.3) is 0 Å². The molecule has 0 bridgehead atoms. The zero-order valence-electron chi connectivity index (χ0n) is 10.6. The van der Waals surface area contributed by atoms with Crippen molar-refractivity contribution in [1.82, 2.24) is 4.98 Å². The molecule has 100 valence electrons. The van der Waals surface area contributed by atoms with E-state index < -0.39 is 0 Å². The van der Waals surface area contributed by atoms with Crippen molar-refractivity contribution in [2.45, 2.75) is 6.04 Å². The largest absolute Gasteiger partial charge is 0.320 e. The molecule has 1 aromatic heterocycles. The van der Waals surface area contributed by atoms with Crippen LogP contribution in [0.2, 0.25) is 5.02 Å². The molecule has 2 aromatic carbocycles. The predicted octanol–water partition coefficient (Wildman–Crippen LogP) is 4.70. The van der Waals surface area contributed by atoms with Crippen LogP contribution in [0.5, 0.6) is 0 Å². The number of benzene rings is 2. The lowest BCUT2D eigenvalue weighted by Crippen LogP contribution is -2.12. The van der Waals surface area contributed by atoms with Crippen LogP contribution < -0.4 is 5.73 Å². The van der Waals surface area contributed by atoms with E-state index in [0.717, 1.165) is 26.5 Å². The van der Waals surface area contributed by atoms with E-state index in [4.69, 9.17) is 17.3 Å². The van der Waals surface area contributed by atoms with Gasteiger partial charge in [-0.15, -0.1) is 0 Å². The van der Waals surface area contributed by atoms with Crippen LogP contribution in [0.4, 0.5) is 0 Å². The minimum Gasteiger partial charge on any atom is -0.320 e. The average molecular weight is 348 g/mol. The Hall–Kier alpha value is -1.42. The molecule has 0 aliphatic heterocycles. The molecule has 1 unspecified atom stereocenters. The van der Waals surface area contributed by atoms with Crippen LogP contribution in [-0.2, 0) is 0 Å². The van der Waals surface area contributed by atoms with Crippen molar-refractivity contribution in [3.8, 4) is 0 Å². The van der Waals surface area contributed by atoms with E-state index in [-0.39, 0.29) is 6.04 Å². The first-order valence-corrected chi connectivity index (χ1v) is 7.37. The minimum absolute atomic E-state index is 0.238. The molecule has 0 radical (unpaired) electrons. The molecule has 0 aliphatic carbocycles. The van der Waals surface area contributed by atoms with Crippen molar-refractivity contribution < 1.29 is 0 Å². The van der Waals surface area contributed by atoms with Crippen molar-refractivity contribution in [2.24, 2.45) is 5.73 Å². The molecule has 1 atom stereocenters. The predicted molar refractivity (Wildman–Crippen MR) is 86.9 cm³/mol. The van der Waals surface area contributed by atoms with E-state index in [9.17, 15) is 0 Å². The first-order valence-electron chi connectivity index (χ1n) is 6.20. The number of halogens is 2. The highest BCUT2D eigenvalue weighted by Gasteiger charge is 2.11. The van der Waals surface area contributed by atoms with Crippen LogP contribution in [0.25, 0.3) is 10.9 Å². The van der Waals surface area contributed by atoms with Gasteiger partial charge in [-0.3, -0.25) is 4.98 Å². The molecule has 0 aliphatic rings. The molecule has 0 saturated carbocycles. The molecule has 20 heavy (non-hydrogen) atoms. The summed E-state index contributed by atoms with van der Waals surface area (Å²) in [4.78, 5) is 4.45. The van der Waals surface area contributed by atoms with Gasteiger partial charge in [-0.1, -0.05) is 35.9 Å². The molecule has 1 heterocycles. The quantitative estimate of drug-likeness (QED) is 0.730. The fourth-order valence-corrected chi connectivity index (χ4v) is 2.59. The van der Waals surface area contributed by atoms with Gasteiger partial charge in [-0.25, -0.2) is 0 Å². The maximum absolute atomic E-state index is 6.31. The summed E-state index contributed by atoms with van der Waals surface area (Å²) < 4.78 is 0.867. The Morgan fingerprint density at radius 3 is 2.65 bits per heavy atom. The number of para-hydroxylation sites is 1. The summed E-state index contributed by atoms with van der Waals surface area (Å²) in [5.74, 6) is 0. The van der Waals surface area contributed by atoms with Gasteiger partial charge in [0, 0.05) is 16.1 Å². The van der Waals surface area contributed by atoms with Gasteiger partial charge in [0.1, 0.15) is 0 Å². The van der Waals surface area contributed by atoms with E-state index in [1.54, 1.807) is 0 Å². The summed E-state index contributed by atoms with van der Waals surface area (Å²) in [6, 6.07) is 15.6. The zero-order valence-corrected chi connectivity index (χ0v) is 12.9. The summed E-state index contributed by atoms with van der Waals surface area (Å²) in [6.45, 7) is 0. The summed E-state index contributed by atoms with van der Waals surface area (Å²) in [6.07, 6.45) is 1.82. The Balaban J connectivity index is 2.02. The third kappa shape index (κ3) is 2.57. The summed E-state index contributed by atoms with van der Waals surface area (Å²) in [7, 11) is 0. The molecule has 0 spiro atoms. The number of rotatable bonds is 2. The highest BCUT2D eigenvalue weighted by atomic mass is 79.9. The molecule has 2 nitrogen and oxygen atoms in total. The number of nitrogens with zero attached hydrogens (tertiary/aromatic N) is 1. The first kappa shape index (κ1) is 13.6. The average Bonchev–Trinajstić information content (AvgIpc) is 2.49. The molecule has 3 aromatic rings. The second-order valence-electron chi connectivity index (χ2n) is 4.61. The van der Waals surface area contributed by atoms with E-state index >= 15 is 0 Å². The smallest absolute Gasteiger partial charge is 0.0702 e. The number of hydrogen-bond acceptors (Lipinski definition) is 2. The van der Waals surface area contributed by atoms with Crippen LogP contribution in [0.1, 0.15) is 17.2 Å². The minimum atomic E-state index is -0.238. The maximum atomic E-state index is 6.31. The SMILES string of the molecule is NC(c1ccc(Br)c(Cl)c1)c1cnc2ccccc2c1. The molecule has 3 rings (SSSR count).